The number of amides is 2. The fourth-order valence-electron chi connectivity index (χ4n) is 4.42. The summed E-state index contributed by atoms with van der Waals surface area (Å²) >= 11 is 0. The van der Waals surface area contributed by atoms with Gasteiger partial charge in [0.25, 0.3) is 0 Å². The van der Waals surface area contributed by atoms with Gasteiger partial charge in [-0.05, 0) is 19.8 Å². The second-order valence-electron chi connectivity index (χ2n) is 10.1. The minimum atomic E-state index is -1.04. The second-order valence-corrected chi connectivity index (χ2v) is 10.1. The Balaban J connectivity index is 0. The molecule has 2 unspecified atom stereocenters. The van der Waals surface area contributed by atoms with Crippen molar-refractivity contribution in [2.24, 2.45) is 0 Å². The number of carbonyl (C=O) groups excluding carboxylic acids is 2. The van der Waals surface area contributed by atoms with Crippen LogP contribution in [0.3, 0.4) is 0 Å². The van der Waals surface area contributed by atoms with Gasteiger partial charge in [-0.25, -0.2) is 0 Å². The van der Waals surface area contributed by atoms with E-state index in [1.165, 1.54) is 0 Å². The smallest absolute Gasteiger partial charge is 0.317 e. The Morgan fingerprint density at radius 2 is 0.933 bits per heavy atom. The van der Waals surface area contributed by atoms with Crippen LogP contribution < -0.4 is 10.6 Å². The average Bonchev–Trinajstić information content (AvgIpc) is 2.95. The minimum Gasteiger partial charge on any atom is -0.480 e. The van der Waals surface area contributed by atoms with Crippen molar-refractivity contribution in [3.63, 3.8) is 0 Å². The molecule has 1 heterocycles. The molecular formula is C29H58N6O10. The Kier molecular flexibility index (Phi) is 27.0. The van der Waals surface area contributed by atoms with Crippen LogP contribution in [-0.4, -0.2) is 179 Å². The van der Waals surface area contributed by atoms with E-state index < -0.39 is 30.1 Å². The maximum Gasteiger partial charge on any atom is 0.317 e. The number of nitrogens with one attached hydrogen (secondary N) is 2. The molecule has 264 valence electrons. The first-order valence-electron chi connectivity index (χ1n) is 15.8. The fraction of sp³-hybridized carbons (Fsp3) is 0.828. The fourth-order valence-corrected chi connectivity index (χ4v) is 4.42. The van der Waals surface area contributed by atoms with Crippen LogP contribution >= 0.6 is 0 Å². The molecule has 7 N–H and O–H groups in total. The van der Waals surface area contributed by atoms with Crippen molar-refractivity contribution in [2.75, 3.05) is 91.6 Å². The van der Waals surface area contributed by atoms with Gasteiger partial charge in [0.15, 0.2) is 0 Å². The molecule has 0 spiro atoms. The molecule has 1 rings (SSSR count). The third-order valence-corrected chi connectivity index (χ3v) is 6.51. The Hall–Kier alpha value is -2.89. The van der Waals surface area contributed by atoms with Crippen LogP contribution in [0.15, 0.2) is 0 Å². The van der Waals surface area contributed by atoms with Crippen LogP contribution in [0.2, 0.25) is 0 Å². The lowest BCUT2D eigenvalue weighted by atomic mass is 10.1. The zero-order valence-corrected chi connectivity index (χ0v) is 27.7. The maximum absolute atomic E-state index is 12.7. The summed E-state index contributed by atoms with van der Waals surface area (Å²) in [6.07, 6.45) is -1.89. The van der Waals surface area contributed by atoms with E-state index in [1.54, 1.807) is 26.5 Å². The van der Waals surface area contributed by atoms with Crippen molar-refractivity contribution in [1.82, 2.24) is 30.2 Å². The first-order chi connectivity index (χ1) is 21.4. The summed E-state index contributed by atoms with van der Waals surface area (Å²) < 4.78 is 0. The van der Waals surface area contributed by atoms with Gasteiger partial charge in [0.2, 0.25) is 11.8 Å². The van der Waals surface area contributed by atoms with Gasteiger partial charge >= 0.3 is 17.9 Å². The Morgan fingerprint density at radius 1 is 0.578 bits per heavy atom. The van der Waals surface area contributed by atoms with Gasteiger partial charge in [-0.3, -0.25) is 43.6 Å². The lowest BCUT2D eigenvalue weighted by Crippen LogP contribution is -2.49. The highest BCUT2D eigenvalue weighted by Crippen LogP contribution is 2.06. The number of nitrogens with zero attached hydrogens (tertiary/aromatic N) is 4. The summed E-state index contributed by atoms with van der Waals surface area (Å²) in [5.41, 5.74) is 0. The lowest BCUT2D eigenvalue weighted by Gasteiger charge is -2.32. The molecule has 0 bridgehead atoms. The number of carboxylic acid groups (broad SMARTS) is 3. The summed E-state index contributed by atoms with van der Waals surface area (Å²) in [4.78, 5) is 65.0. The third-order valence-electron chi connectivity index (χ3n) is 6.51. The van der Waals surface area contributed by atoms with Gasteiger partial charge in [-0.1, -0.05) is 27.7 Å². The Morgan fingerprint density at radius 3 is 1.27 bits per heavy atom. The van der Waals surface area contributed by atoms with E-state index in [1.807, 2.05) is 27.7 Å². The van der Waals surface area contributed by atoms with Crippen molar-refractivity contribution in [1.29, 1.82) is 0 Å². The largest absolute Gasteiger partial charge is 0.480 e. The first kappa shape index (κ1) is 44.2. The number of hydrogen-bond donors (Lipinski definition) is 7. The summed E-state index contributed by atoms with van der Waals surface area (Å²) in [6, 6.07) is 0. The molecule has 16 nitrogen and oxygen atoms in total. The number of carbonyl (C=O) groups is 5. The van der Waals surface area contributed by atoms with Crippen molar-refractivity contribution in [2.45, 2.75) is 66.1 Å². The average molecular weight is 651 g/mol. The van der Waals surface area contributed by atoms with Crippen LogP contribution in [0.25, 0.3) is 0 Å². The molecule has 0 aromatic rings. The number of rotatable bonds is 16. The van der Waals surface area contributed by atoms with Crippen LogP contribution in [0, 0.1) is 0 Å². The third kappa shape index (κ3) is 25.0. The lowest BCUT2D eigenvalue weighted by molar-refractivity contribution is -0.140. The molecule has 0 aromatic heterocycles. The van der Waals surface area contributed by atoms with Crippen LogP contribution in [0.1, 0.15) is 53.9 Å². The molecule has 16 heteroatoms. The highest BCUT2D eigenvalue weighted by atomic mass is 16.4. The van der Waals surface area contributed by atoms with Crippen molar-refractivity contribution in [3.8, 4) is 0 Å². The highest BCUT2D eigenvalue weighted by molar-refractivity contribution is 5.78. The van der Waals surface area contributed by atoms with E-state index in [0.29, 0.717) is 32.7 Å². The maximum atomic E-state index is 12.7. The van der Waals surface area contributed by atoms with E-state index in [9.17, 15) is 49.5 Å². The van der Waals surface area contributed by atoms with Crippen LogP contribution in [0.5, 0.6) is 0 Å². The molecule has 0 aromatic carbocycles. The molecule has 2 amide bonds. The number of aliphatic hydroxyl groups excluding tert-OH is 2. The number of hydrogen-bond acceptors (Lipinski definition) is 11. The normalized spacial score (nSPS) is 17.0. The molecular weight excluding hydrogens is 592 g/mol. The number of carboxylic acids is 3. The molecule has 1 aliphatic rings. The highest BCUT2D eigenvalue weighted by Gasteiger charge is 2.21. The molecule has 1 fully saturated rings. The van der Waals surface area contributed by atoms with Crippen molar-refractivity contribution in [3.05, 3.63) is 0 Å². The predicted octanol–water partition coefficient (Wildman–Crippen LogP) is -1.34. The Labute approximate surface area is 267 Å². The van der Waals surface area contributed by atoms with E-state index >= 15 is 0 Å². The van der Waals surface area contributed by atoms with Gasteiger partial charge in [0.05, 0.1) is 44.8 Å². The number of aliphatic carboxylic acids is 3. The zero-order valence-electron chi connectivity index (χ0n) is 27.7. The standard InChI is InChI=1S/C25H46N6O10.2C2H6/c1-2-26-21(34)14-20(33)13-19(32)3-4-27-22(35)15-28-5-7-29(16-23(36)37)9-11-31(18-25(40)41)12-10-30(8-6-28)17-24(38)39;2*1-2/h19-20,32-33H,2-18H2,1H3,(H,26,34)(H,27,35)(H,36,37)(H,38,39)(H,40,41);2*1-2H3. The van der Waals surface area contributed by atoms with Gasteiger partial charge in [-0.2, -0.15) is 0 Å². The van der Waals surface area contributed by atoms with E-state index in [0.717, 1.165) is 0 Å². The van der Waals surface area contributed by atoms with Crippen LogP contribution in [-0.2, 0) is 24.0 Å². The predicted molar refractivity (Wildman–Crippen MR) is 169 cm³/mol. The zero-order chi connectivity index (χ0) is 34.8. The van der Waals surface area contributed by atoms with Gasteiger partial charge in [-0.15, -0.1) is 0 Å². The van der Waals surface area contributed by atoms with E-state index in [4.69, 9.17) is 0 Å². The van der Waals surface area contributed by atoms with E-state index in [-0.39, 0.29) is 90.0 Å². The second kappa shape index (κ2) is 27.4. The molecule has 2 atom stereocenters. The molecule has 45 heavy (non-hydrogen) atoms. The van der Waals surface area contributed by atoms with Crippen molar-refractivity contribution >= 4 is 29.7 Å². The van der Waals surface area contributed by atoms with Gasteiger partial charge in [0, 0.05) is 65.4 Å². The number of aliphatic hydroxyl groups is 2. The summed E-state index contributed by atoms with van der Waals surface area (Å²) in [7, 11) is 0. The molecule has 1 saturated heterocycles. The molecule has 0 radical (unpaired) electrons. The molecule has 0 aliphatic carbocycles. The first-order valence-corrected chi connectivity index (χ1v) is 15.8. The van der Waals surface area contributed by atoms with Gasteiger partial charge < -0.3 is 36.2 Å². The monoisotopic (exact) mass is 650 g/mol. The quantitative estimate of drug-likeness (QED) is 0.103. The molecule has 1 aliphatic heterocycles. The van der Waals surface area contributed by atoms with Gasteiger partial charge in [0.1, 0.15) is 0 Å². The molecule has 0 saturated carbocycles. The van der Waals surface area contributed by atoms with Crippen molar-refractivity contribution < 1.29 is 49.5 Å². The summed E-state index contributed by atoms with van der Waals surface area (Å²) in [5, 5.41) is 53.2. The topological polar surface area (TPSA) is 224 Å². The SMILES string of the molecule is CC.CC.CCNC(=O)CC(O)CC(O)CCNC(=O)CN1CCN(CC(=O)O)CCN(CC(=O)O)CCN(CC(=O)O)CC1. The summed E-state index contributed by atoms with van der Waals surface area (Å²) in [5.74, 6) is -3.75. The minimum absolute atomic E-state index is 0.0121. The van der Waals surface area contributed by atoms with E-state index in [2.05, 4.69) is 10.6 Å². The van der Waals surface area contributed by atoms with Crippen LogP contribution in [0.4, 0.5) is 0 Å². The summed E-state index contributed by atoms with van der Waals surface area (Å²) in [6.45, 7) is 11.9. The Bertz CT molecular complexity index is 818.